The monoisotopic (exact) mass is 277 g/mol. The molecule has 0 fully saturated rings. The molecule has 0 N–H and O–H groups in total. The maximum absolute atomic E-state index is 5.46. The average Bonchev–Trinajstić information content (AvgIpc) is 3.12. The summed E-state index contributed by atoms with van der Waals surface area (Å²) in [4.78, 5) is 8.74. The fraction of sp³-hybridized carbons (Fsp3) is 0.0625. The summed E-state index contributed by atoms with van der Waals surface area (Å²) < 4.78 is 10.8. The molecule has 0 amide bonds. The number of oxazole rings is 1. The van der Waals surface area contributed by atoms with Gasteiger partial charge in [-0.3, -0.25) is 0 Å². The maximum atomic E-state index is 5.46. The summed E-state index contributed by atoms with van der Waals surface area (Å²) >= 11 is 0. The first-order chi connectivity index (χ1) is 10.3. The molecule has 4 rings (SSSR count). The van der Waals surface area contributed by atoms with Gasteiger partial charge >= 0.3 is 0 Å². The van der Waals surface area contributed by atoms with Crippen LogP contribution in [0.2, 0.25) is 0 Å². The second-order valence-electron chi connectivity index (χ2n) is 4.70. The molecule has 21 heavy (non-hydrogen) atoms. The van der Waals surface area contributed by atoms with Crippen molar-refractivity contribution in [2.75, 3.05) is 0 Å². The SMILES string of the molecule is Cc1nc2cc(-c3noc(-c4ccccc4)n3)ccc2o1. The van der Waals surface area contributed by atoms with Gasteiger partial charge in [-0.05, 0) is 30.3 Å². The molecule has 0 radical (unpaired) electrons. The van der Waals surface area contributed by atoms with Crippen molar-refractivity contribution in [2.45, 2.75) is 6.92 Å². The van der Waals surface area contributed by atoms with Crippen LogP contribution in [0.3, 0.4) is 0 Å². The topological polar surface area (TPSA) is 65.0 Å². The first-order valence-corrected chi connectivity index (χ1v) is 6.56. The summed E-state index contributed by atoms with van der Waals surface area (Å²) in [5.41, 5.74) is 3.29. The number of benzene rings is 2. The molecule has 0 atom stereocenters. The molecular weight excluding hydrogens is 266 g/mol. The Morgan fingerprint density at radius 2 is 1.76 bits per heavy atom. The number of aromatic nitrogens is 3. The van der Waals surface area contributed by atoms with E-state index in [1.807, 2.05) is 55.5 Å². The van der Waals surface area contributed by atoms with Gasteiger partial charge in [0.25, 0.3) is 5.89 Å². The lowest BCUT2D eigenvalue weighted by molar-refractivity contribution is 0.432. The van der Waals surface area contributed by atoms with Gasteiger partial charge in [-0.15, -0.1) is 0 Å². The zero-order valence-electron chi connectivity index (χ0n) is 11.3. The van der Waals surface area contributed by atoms with E-state index < -0.39 is 0 Å². The zero-order valence-corrected chi connectivity index (χ0v) is 11.3. The van der Waals surface area contributed by atoms with Gasteiger partial charge in [0.15, 0.2) is 11.5 Å². The predicted octanol–water partition coefficient (Wildman–Crippen LogP) is 3.85. The molecule has 0 aliphatic rings. The lowest BCUT2D eigenvalue weighted by atomic mass is 10.2. The van der Waals surface area contributed by atoms with Crippen LogP contribution in [0.25, 0.3) is 33.9 Å². The van der Waals surface area contributed by atoms with E-state index in [0.29, 0.717) is 17.6 Å². The Labute approximate surface area is 120 Å². The molecule has 0 saturated heterocycles. The molecule has 0 aliphatic carbocycles. The van der Waals surface area contributed by atoms with Crippen molar-refractivity contribution in [1.29, 1.82) is 0 Å². The van der Waals surface area contributed by atoms with Crippen LogP contribution in [0.1, 0.15) is 5.89 Å². The Balaban J connectivity index is 1.77. The smallest absolute Gasteiger partial charge is 0.258 e. The fourth-order valence-corrected chi connectivity index (χ4v) is 2.22. The van der Waals surface area contributed by atoms with Gasteiger partial charge in [-0.25, -0.2) is 4.98 Å². The minimum atomic E-state index is 0.502. The summed E-state index contributed by atoms with van der Waals surface area (Å²) in [5.74, 6) is 1.68. The number of hydrogen-bond acceptors (Lipinski definition) is 5. The summed E-state index contributed by atoms with van der Waals surface area (Å²) in [6.45, 7) is 1.82. The van der Waals surface area contributed by atoms with Crippen LogP contribution in [-0.2, 0) is 0 Å². The lowest BCUT2D eigenvalue weighted by Gasteiger charge is -1.93. The van der Waals surface area contributed by atoms with E-state index in [0.717, 1.165) is 22.2 Å². The highest BCUT2D eigenvalue weighted by Gasteiger charge is 2.12. The van der Waals surface area contributed by atoms with Crippen LogP contribution in [-0.4, -0.2) is 15.1 Å². The third-order valence-corrected chi connectivity index (χ3v) is 3.20. The summed E-state index contributed by atoms with van der Waals surface area (Å²) in [5, 5.41) is 4.03. The number of fused-ring (bicyclic) bond motifs is 1. The Bertz CT molecular complexity index is 910. The second-order valence-corrected chi connectivity index (χ2v) is 4.70. The van der Waals surface area contributed by atoms with Crippen molar-refractivity contribution in [1.82, 2.24) is 15.1 Å². The highest BCUT2D eigenvalue weighted by Crippen LogP contribution is 2.25. The van der Waals surface area contributed by atoms with E-state index in [2.05, 4.69) is 15.1 Å². The Morgan fingerprint density at radius 1 is 0.905 bits per heavy atom. The van der Waals surface area contributed by atoms with E-state index in [4.69, 9.17) is 8.94 Å². The lowest BCUT2D eigenvalue weighted by Crippen LogP contribution is -1.81. The first-order valence-electron chi connectivity index (χ1n) is 6.56. The molecule has 2 aromatic heterocycles. The Morgan fingerprint density at radius 3 is 2.62 bits per heavy atom. The predicted molar refractivity (Wildman–Crippen MR) is 77.5 cm³/mol. The van der Waals surface area contributed by atoms with Crippen molar-refractivity contribution in [2.24, 2.45) is 0 Å². The number of rotatable bonds is 2. The van der Waals surface area contributed by atoms with E-state index >= 15 is 0 Å². The highest BCUT2D eigenvalue weighted by atomic mass is 16.5. The summed E-state index contributed by atoms with van der Waals surface area (Å²) in [6, 6.07) is 15.3. The van der Waals surface area contributed by atoms with Gasteiger partial charge in [0.2, 0.25) is 5.82 Å². The van der Waals surface area contributed by atoms with E-state index in [1.165, 1.54) is 0 Å². The number of aryl methyl sites for hydroxylation is 1. The van der Waals surface area contributed by atoms with Crippen LogP contribution in [0, 0.1) is 6.92 Å². The summed E-state index contributed by atoms with van der Waals surface area (Å²) in [6.07, 6.45) is 0. The minimum Gasteiger partial charge on any atom is -0.441 e. The molecule has 0 aliphatic heterocycles. The first kappa shape index (κ1) is 11.8. The number of nitrogens with zero attached hydrogens (tertiary/aromatic N) is 3. The van der Waals surface area contributed by atoms with E-state index in [-0.39, 0.29) is 0 Å². The van der Waals surface area contributed by atoms with Crippen molar-refractivity contribution < 1.29 is 8.94 Å². The standard InChI is InChI=1S/C16H11N3O2/c1-10-17-13-9-12(7-8-14(13)20-10)15-18-16(21-19-15)11-5-3-2-4-6-11/h2-9H,1H3. The third-order valence-electron chi connectivity index (χ3n) is 3.20. The van der Waals surface area contributed by atoms with Crippen LogP contribution in [0.5, 0.6) is 0 Å². The van der Waals surface area contributed by atoms with Crippen LogP contribution in [0.15, 0.2) is 57.5 Å². The van der Waals surface area contributed by atoms with Gasteiger partial charge in [-0.1, -0.05) is 23.4 Å². The molecule has 2 heterocycles. The van der Waals surface area contributed by atoms with Crippen molar-refractivity contribution in [3.8, 4) is 22.8 Å². The largest absolute Gasteiger partial charge is 0.441 e. The maximum Gasteiger partial charge on any atom is 0.258 e. The zero-order chi connectivity index (χ0) is 14.2. The van der Waals surface area contributed by atoms with Crippen LogP contribution < -0.4 is 0 Å². The molecular formula is C16H11N3O2. The molecule has 0 spiro atoms. The van der Waals surface area contributed by atoms with Crippen molar-refractivity contribution >= 4 is 11.1 Å². The fourth-order valence-electron chi connectivity index (χ4n) is 2.22. The van der Waals surface area contributed by atoms with Crippen molar-refractivity contribution in [3.05, 3.63) is 54.4 Å². The average molecular weight is 277 g/mol. The van der Waals surface area contributed by atoms with E-state index in [9.17, 15) is 0 Å². The van der Waals surface area contributed by atoms with Crippen LogP contribution in [0.4, 0.5) is 0 Å². The minimum absolute atomic E-state index is 0.502. The van der Waals surface area contributed by atoms with Gasteiger partial charge in [0.05, 0.1) is 0 Å². The molecule has 5 nitrogen and oxygen atoms in total. The van der Waals surface area contributed by atoms with Gasteiger partial charge in [0.1, 0.15) is 5.52 Å². The van der Waals surface area contributed by atoms with Crippen molar-refractivity contribution in [3.63, 3.8) is 0 Å². The molecule has 0 unspecified atom stereocenters. The quantitative estimate of drug-likeness (QED) is 0.556. The van der Waals surface area contributed by atoms with Gasteiger partial charge < -0.3 is 8.94 Å². The van der Waals surface area contributed by atoms with Crippen LogP contribution >= 0.6 is 0 Å². The molecule has 0 bridgehead atoms. The second kappa shape index (κ2) is 4.56. The normalized spacial score (nSPS) is 11.1. The Hall–Kier alpha value is -2.95. The van der Waals surface area contributed by atoms with E-state index in [1.54, 1.807) is 0 Å². The third kappa shape index (κ3) is 2.08. The molecule has 2 aromatic carbocycles. The Kier molecular flexibility index (Phi) is 2.57. The van der Waals surface area contributed by atoms with Gasteiger partial charge in [-0.2, -0.15) is 4.98 Å². The number of hydrogen-bond donors (Lipinski definition) is 0. The van der Waals surface area contributed by atoms with Gasteiger partial charge in [0, 0.05) is 18.1 Å². The summed E-state index contributed by atoms with van der Waals surface area (Å²) in [7, 11) is 0. The molecule has 102 valence electrons. The highest BCUT2D eigenvalue weighted by molar-refractivity contribution is 5.78. The molecule has 0 saturated carbocycles. The molecule has 4 aromatic rings. The molecule has 5 heteroatoms.